The number of nitriles is 1. The quantitative estimate of drug-likeness (QED) is 0.622. The summed E-state index contributed by atoms with van der Waals surface area (Å²) >= 11 is 0. The molecule has 0 unspecified atom stereocenters. The molecule has 212 valence electrons. The van der Waals surface area contributed by atoms with Gasteiger partial charge in [-0.25, -0.2) is 0 Å². The van der Waals surface area contributed by atoms with Crippen LogP contribution in [-0.2, 0) is 27.0 Å². The highest BCUT2D eigenvalue weighted by molar-refractivity contribution is 6.07. The van der Waals surface area contributed by atoms with E-state index in [0.717, 1.165) is 42.5 Å². The molecule has 1 saturated heterocycles. The molecule has 3 aliphatic heterocycles. The number of fused-ring (bicyclic) bond motifs is 2. The first kappa shape index (κ1) is 27.9. The van der Waals surface area contributed by atoms with Gasteiger partial charge in [-0.1, -0.05) is 32.4 Å². The minimum atomic E-state index is -0.962. The third kappa shape index (κ3) is 4.89. The molecule has 2 aromatic rings. The largest absolute Gasteiger partial charge is 0.327 e. The number of hydrogen-bond acceptors (Lipinski definition) is 5. The fraction of sp³-hybridized carbons (Fsp3) is 0.581. The predicted octanol–water partition coefficient (Wildman–Crippen LogP) is 4.24. The number of nitrogens with zero attached hydrogens (tertiary/aromatic N) is 5. The summed E-state index contributed by atoms with van der Waals surface area (Å²) in [4.78, 5) is 45.2. The Kier molecular flexibility index (Phi) is 7.24. The number of amides is 3. The molecule has 5 rings (SSSR count). The third-order valence-electron chi connectivity index (χ3n) is 8.57. The maximum Gasteiger partial charge on any atom is 0.257 e. The Balaban J connectivity index is 1.57. The van der Waals surface area contributed by atoms with E-state index < -0.39 is 17.5 Å². The van der Waals surface area contributed by atoms with Crippen LogP contribution < -0.4 is 5.32 Å². The summed E-state index contributed by atoms with van der Waals surface area (Å²) in [6.45, 7) is 10.7. The van der Waals surface area contributed by atoms with Crippen molar-refractivity contribution < 1.29 is 14.4 Å². The van der Waals surface area contributed by atoms with Gasteiger partial charge in [0.1, 0.15) is 12.1 Å². The van der Waals surface area contributed by atoms with Gasteiger partial charge in [0.2, 0.25) is 11.8 Å². The Hall–Kier alpha value is -3.67. The molecule has 1 aromatic carbocycles. The molecule has 0 aliphatic carbocycles. The van der Waals surface area contributed by atoms with Gasteiger partial charge in [-0.3, -0.25) is 19.1 Å². The van der Waals surface area contributed by atoms with E-state index in [1.54, 1.807) is 26.9 Å². The average Bonchev–Trinajstić information content (AvgIpc) is 3.61. The van der Waals surface area contributed by atoms with Crippen LogP contribution in [-0.4, -0.2) is 62.5 Å². The molecule has 9 heteroatoms. The summed E-state index contributed by atoms with van der Waals surface area (Å²) in [5, 5.41) is 17.6. The van der Waals surface area contributed by atoms with E-state index in [9.17, 15) is 19.6 Å². The highest BCUT2D eigenvalue weighted by Gasteiger charge is 2.57. The monoisotopic (exact) mass is 544 g/mol. The lowest BCUT2D eigenvalue weighted by atomic mass is 9.79. The lowest BCUT2D eigenvalue weighted by Crippen LogP contribution is -2.53. The fourth-order valence-electron chi connectivity index (χ4n) is 6.38. The molecule has 1 spiro atoms. The topological polar surface area (TPSA) is 111 Å². The molecule has 9 nitrogen and oxygen atoms in total. The number of hydrogen-bond donors (Lipinski definition) is 1. The second-order valence-electron chi connectivity index (χ2n) is 13.0. The predicted molar refractivity (Wildman–Crippen MR) is 152 cm³/mol. The number of aromatic nitrogens is 2. The van der Waals surface area contributed by atoms with Crippen LogP contribution >= 0.6 is 0 Å². The zero-order chi connectivity index (χ0) is 28.8. The number of anilines is 1. The second kappa shape index (κ2) is 10.4. The van der Waals surface area contributed by atoms with Gasteiger partial charge >= 0.3 is 0 Å². The van der Waals surface area contributed by atoms with Crippen molar-refractivity contribution in [2.45, 2.75) is 96.2 Å². The van der Waals surface area contributed by atoms with E-state index in [4.69, 9.17) is 0 Å². The van der Waals surface area contributed by atoms with Crippen LogP contribution in [0, 0.1) is 17.2 Å². The summed E-state index contributed by atoms with van der Waals surface area (Å²) in [7, 11) is 0. The van der Waals surface area contributed by atoms with E-state index in [2.05, 4.69) is 22.6 Å². The normalized spacial score (nSPS) is 25.1. The van der Waals surface area contributed by atoms with Crippen LogP contribution in [0.15, 0.2) is 30.6 Å². The van der Waals surface area contributed by atoms with Crippen LogP contribution in [0.25, 0.3) is 0 Å². The number of nitrogens with one attached hydrogen (secondary N) is 1. The van der Waals surface area contributed by atoms with Crippen molar-refractivity contribution in [2.24, 2.45) is 5.92 Å². The number of rotatable bonds is 3. The minimum Gasteiger partial charge on any atom is -0.327 e. The Bertz CT molecular complexity index is 1370. The Morgan fingerprint density at radius 2 is 2.00 bits per heavy atom. The summed E-state index contributed by atoms with van der Waals surface area (Å²) < 4.78 is 1.77. The van der Waals surface area contributed by atoms with E-state index in [1.807, 2.05) is 46.8 Å². The smallest absolute Gasteiger partial charge is 0.257 e. The molecule has 3 amide bonds. The van der Waals surface area contributed by atoms with Gasteiger partial charge in [0, 0.05) is 31.4 Å². The molecule has 3 aliphatic rings. The Morgan fingerprint density at radius 3 is 2.67 bits per heavy atom. The SMILES string of the molecule is CC(C)C[C@H]1C(=O)N2C[C@]3(C[C@H]2C#N)C(=O)Nc2ccc(cc23)CCCCCN1C(=O)c1cnn(C(C)(C)C)c1. The van der Waals surface area contributed by atoms with Crippen LogP contribution in [0.1, 0.15) is 88.2 Å². The molecule has 0 saturated carbocycles. The molecule has 4 bridgehead atoms. The number of carbonyl (C=O) groups is 3. The van der Waals surface area contributed by atoms with Gasteiger partial charge in [0.15, 0.2) is 0 Å². The molecule has 3 atom stereocenters. The zero-order valence-electron chi connectivity index (χ0n) is 24.2. The van der Waals surface area contributed by atoms with Gasteiger partial charge < -0.3 is 15.1 Å². The van der Waals surface area contributed by atoms with Crippen molar-refractivity contribution in [1.82, 2.24) is 19.6 Å². The van der Waals surface area contributed by atoms with E-state index in [-0.39, 0.29) is 42.1 Å². The summed E-state index contributed by atoms with van der Waals surface area (Å²) in [6.07, 6.45) is 7.51. The average molecular weight is 545 g/mol. The lowest BCUT2D eigenvalue weighted by Gasteiger charge is -2.35. The molecule has 40 heavy (non-hydrogen) atoms. The maximum absolute atomic E-state index is 14.4. The number of benzene rings is 1. The fourth-order valence-corrected chi connectivity index (χ4v) is 6.38. The molecule has 1 N–H and O–H groups in total. The number of carbonyl (C=O) groups excluding carboxylic acids is 3. The van der Waals surface area contributed by atoms with Crippen LogP contribution in [0.4, 0.5) is 5.69 Å². The van der Waals surface area contributed by atoms with Crippen molar-refractivity contribution >= 4 is 23.4 Å². The Morgan fingerprint density at radius 1 is 1.23 bits per heavy atom. The first-order valence-electron chi connectivity index (χ1n) is 14.5. The third-order valence-corrected chi connectivity index (χ3v) is 8.57. The molecular formula is C31H40N6O3. The van der Waals surface area contributed by atoms with Gasteiger partial charge in [-0.15, -0.1) is 0 Å². The van der Waals surface area contributed by atoms with Gasteiger partial charge in [0.25, 0.3) is 5.91 Å². The standard InChI is InChI=1S/C31H40N6O3/c1-20(2)13-26-28(39)36-19-31(15-23(36)16-32)24-14-21(10-11-25(24)34-29(31)40)9-7-6-8-12-35(26)27(38)22-17-33-37(18-22)30(3,4)5/h10-11,14,17-18,20,23,26H,6-9,12-13,15,19H2,1-5H3,(H,34,40)/t23-,26-,31-/m0/s1. The van der Waals surface area contributed by atoms with Crippen molar-refractivity contribution in [2.75, 3.05) is 18.4 Å². The molecule has 4 heterocycles. The minimum absolute atomic E-state index is 0.130. The zero-order valence-corrected chi connectivity index (χ0v) is 24.2. The van der Waals surface area contributed by atoms with E-state index >= 15 is 0 Å². The highest BCUT2D eigenvalue weighted by Crippen LogP contribution is 2.47. The second-order valence-corrected chi connectivity index (χ2v) is 13.0. The van der Waals surface area contributed by atoms with Crippen LogP contribution in [0.3, 0.4) is 0 Å². The van der Waals surface area contributed by atoms with Crippen molar-refractivity contribution in [3.05, 3.63) is 47.3 Å². The van der Waals surface area contributed by atoms with E-state index in [0.29, 0.717) is 18.5 Å². The number of aryl methyl sites for hydroxylation is 1. The van der Waals surface area contributed by atoms with Crippen LogP contribution in [0.2, 0.25) is 0 Å². The lowest BCUT2D eigenvalue weighted by molar-refractivity contribution is -0.137. The summed E-state index contributed by atoms with van der Waals surface area (Å²) in [5.74, 6) is -0.515. The van der Waals surface area contributed by atoms with Crippen molar-refractivity contribution in [3.63, 3.8) is 0 Å². The van der Waals surface area contributed by atoms with Gasteiger partial charge in [-0.2, -0.15) is 10.4 Å². The van der Waals surface area contributed by atoms with E-state index in [1.165, 1.54) is 0 Å². The molecule has 1 fully saturated rings. The summed E-state index contributed by atoms with van der Waals surface area (Å²) in [5.41, 5.74) is 1.98. The van der Waals surface area contributed by atoms with Crippen molar-refractivity contribution in [1.29, 1.82) is 5.26 Å². The molecule has 0 radical (unpaired) electrons. The maximum atomic E-state index is 14.4. The Labute approximate surface area is 236 Å². The van der Waals surface area contributed by atoms with Crippen molar-refractivity contribution in [3.8, 4) is 6.07 Å². The first-order chi connectivity index (χ1) is 18.9. The molecule has 1 aromatic heterocycles. The highest BCUT2D eigenvalue weighted by atomic mass is 16.2. The summed E-state index contributed by atoms with van der Waals surface area (Å²) in [6, 6.07) is 6.90. The van der Waals surface area contributed by atoms with Crippen LogP contribution in [0.5, 0.6) is 0 Å². The first-order valence-corrected chi connectivity index (χ1v) is 14.5. The van der Waals surface area contributed by atoms with Gasteiger partial charge in [0.05, 0.1) is 28.8 Å². The van der Waals surface area contributed by atoms with Gasteiger partial charge in [-0.05, 0) is 69.6 Å². The molecular weight excluding hydrogens is 504 g/mol.